The Hall–Kier alpha value is -4.61. The summed E-state index contributed by atoms with van der Waals surface area (Å²) >= 11 is 0. The van der Waals surface area contributed by atoms with Gasteiger partial charge >= 0.3 is 20.1 Å². The average molecular weight is 720 g/mol. The Balaban J connectivity index is 0.000000210. The van der Waals surface area contributed by atoms with Crippen LogP contribution in [0.2, 0.25) is 0 Å². The largest absolute Gasteiger partial charge is 3.00 e. The van der Waals surface area contributed by atoms with E-state index < -0.39 is 23.8 Å². The van der Waals surface area contributed by atoms with E-state index in [4.69, 9.17) is 0 Å². The molecule has 0 aliphatic carbocycles. The van der Waals surface area contributed by atoms with E-state index in [0.29, 0.717) is 5.84 Å². The van der Waals surface area contributed by atoms with E-state index in [1.807, 2.05) is 65.6 Å². The van der Waals surface area contributed by atoms with Gasteiger partial charge in [-0.2, -0.15) is 11.2 Å². The summed E-state index contributed by atoms with van der Waals surface area (Å²) in [5.74, 6) is -3.12. The molecule has 40 heavy (non-hydrogen) atoms. The molecule has 0 bridgehead atoms. The van der Waals surface area contributed by atoms with E-state index in [1.165, 1.54) is 17.7 Å². The standard InChI is InChI=1S/C19H12F2N4.C8H3F2N4.Ir/c20-17-12-11-16(18(21)22-17)25-13-24(15-9-5-2-6-10-15)19(23-25)14-7-3-1-4-8-14;9-6-2-1-5(7(10)14-6)8-12-3-11-4-13-8;/h1-10,12-13H;2-4H;/q-2;-1;+3. The number of aromatic nitrogens is 5. The number of benzene rings is 2. The number of amidine groups is 1. The monoisotopic (exact) mass is 720 g/mol. The Bertz CT molecular complexity index is 1600. The second-order valence-electron chi connectivity index (χ2n) is 7.67. The van der Waals surface area contributed by atoms with Crippen LogP contribution in [0, 0.1) is 42.6 Å². The maximum atomic E-state index is 14.0. The number of hydrogen-bond donors (Lipinski definition) is 0. The summed E-state index contributed by atoms with van der Waals surface area (Å²) in [5.41, 5.74) is 1.60. The van der Waals surface area contributed by atoms with Crippen molar-refractivity contribution in [3.05, 3.63) is 134 Å². The summed E-state index contributed by atoms with van der Waals surface area (Å²) in [6.45, 7) is 1.62. The van der Waals surface area contributed by atoms with Crippen molar-refractivity contribution in [2.75, 3.05) is 9.91 Å². The summed E-state index contributed by atoms with van der Waals surface area (Å²) in [7, 11) is 0. The quantitative estimate of drug-likeness (QED) is 0.147. The predicted octanol–water partition coefficient (Wildman–Crippen LogP) is 4.98. The van der Waals surface area contributed by atoms with Gasteiger partial charge in [-0.3, -0.25) is 23.7 Å². The van der Waals surface area contributed by atoms with Crippen LogP contribution in [0.5, 0.6) is 0 Å². The average Bonchev–Trinajstić information content (AvgIpc) is 3.40. The molecule has 0 atom stereocenters. The van der Waals surface area contributed by atoms with E-state index in [1.54, 1.807) is 6.67 Å². The first-order valence-corrected chi connectivity index (χ1v) is 11.2. The van der Waals surface area contributed by atoms with Crippen molar-refractivity contribution in [3.63, 3.8) is 0 Å². The molecule has 0 unspecified atom stereocenters. The number of pyridine rings is 2. The molecule has 0 radical (unpaired) electrons. The van der Waals surface area contributed by atoms with Gasteiger partial charge in [0.05, 0.1) is 11.8 Å². The number of halogens is 4. The van der Waals surface area contributed by atoms with Gasteiger partial charge in [-0.1, -0.05) is 60.2 Å². The number of para-hydroxylation sites is 1. The van der Waals surface area contributed by atoms with E-state index >= 15 is 0 Å². The molecule has 200 valence electrons. The predicted molar refractivity (Wildman–Crippen MR) is 133 cm³/mol. The van der Waals surface area contributed by atoms with E-state index in [9.17, 15) is 17.6 Å². The number of nitrogens with zero attached hydrogens (tertiary/aromatic N) is 8. The second kappa shape index (κ2) is 13.0. The first-order valence-electron chi connectivity index (χ1n) is 11.2. The molecule has 0 fully saturated rings. The molecule has 0 spiro atoms. The molecule has 0 amide bonds. The van der Waals surface area contributed by atoms with Crippen molar-refractivity contribution in [3.8, 4) is 11.4 Å². The van der Waals surface area contributed by atoms with Crippen LogP contribution >= 0.6 is 0 Å². The zero-order chi connectivity index (χ0) is 27.2. The third-order valence-corrected chi connectivity index (χ3v) is 5.14. The molecular weight excluding hydrogens is 705 g/mol. The first-order chi connectivity index (χ1) is 19.0. The van der Waals surface area contributed by atoms with Crippen molar-refractivity contribution < 1.29 is 37.7 Å². The van der Waals surface area contributed by atoms with Crippen LogP contribution in [0.4, 0.5) is 28.9 Å². The number of hydrogen-bond acceptors (Lipinski definition) is 8. The summed E-state index contributed by atoms with van der Waals surface area (Å²) in [5, 5.41) is 5.77. The van der Waals surface area contributed by atoms with Gasteiger partial charge in [-0.15, -0.1) is 18.8 Å². The van der Waals surface area contributed by atoms with Crippen LogP contribution in [0.3, 0.4) is 0 Å². The number of rotatable bonds is 4. The van der Waals surface area contributed by atoms with Crippen LogP contribution in [-0.2, 0) is 20.1 Å². The topological polar surface area (TPSA) is 83.3 Å². The number of anilines is 2. The fourth-order valence-electron chi connectivity index (χ4n) is 3.43. The molecule has 1 aliphatic heterocycles. The fourth-order valence-corrected chi connectivity index (χ4v) is 3.43. The molecule has 8 nitrogen and oxygen atoms in total. The van der Waals surface area contributed by atoms with Crippen molar-refractivity contribution in [1.82, 2.24) is 24.9 Å². The Morgan fingerprint density at radius 3 is 1.95 bits per heavy atom. The molecule has 3 aromatic heterocycles. The van der Waals surface area contributed by atoms with Gasteiger partial charge in [-0.05, 0) is 17.8 Å². The molecule has 0 N–H and O–H groups in total. The molecule has 13 heteroatoms. The van der Waals surface area contributed by atoms with Crippen LogP contribution in [-0.4, -0.2) is 30.8 Å². The molecule has 2 aromatic carbocycles. The minimum absolute atomic E-state index is 0. The molecule has 5 aromatic rings. The maximum absolute atomic E-state index is 14.0. The Morgan fingerprint density at radius 2 is 1.32 bits per heavy atom. The van der Waals surface area contributed by atoms with Gasteiger partial charge in [0.2, 0.25) is 0 Å². The van der Waals surface area contributed by atoms with Gasteiger partial charge in [0.1, 0.15) is 36.3 Å². The van der Waals surface area contributed by atoms with Gasteiger partial charge < -0.3 is 14.9 Å². The van der Waals surface area contributed by atoms with E-state index in [2.05, 4.69) is 42.2 Å². The summed E-state index contributed by atoms with van der Waals surface area (Å²) in [6.07, 6.45) is 2.41. The SMILES string of the molecule is Fc1c[c-]c(-c2ncncn2)c(F)n1.Fc1c[c-]c(N2[CH-]N(c3ccccc3)C(c3ccccc3)=N2)c(F)n1.[Ir+3]. The summed E-state index contributed by atoms with van der Waals surface area (Å²) in [4.78, 5) is 18.9. The van der Waals surface area contributed by atoms with Gasteiger partial charge in [0.15, 0.2) is 0 Å². The van der Waals surface area contributed by atoms with Gasteiger partial charge in [0, 0.05) is 11.3 Å². The Morgan fingerprint density at radius 1 is 0.725 bits per heavy atom. The van der Waals surface area contributed by atoms with Crippen LogP contribution in [0.1, 0.15) is 5.56 Å². The normalized spacial score (nSPS) is 12.2. The van der Waals surface area contributed by atoms with Crippen molar-refractivity contribution in [2.24, 2.45) is 5.10 Å². The minimum Gasteiger partial charge on any atom is -0.456 e. The molecule has 1 aliphatic rings. The smallest absolute Gasteiger partial charge is 0.456 e. The fraction of sp³-hybridized carbons (Fsp3) is 0. The molecule has 6 rings (SSSR count). The van der Waals surface area contributed by atoms with Crippen LogP contribution in [0.15, 0.2) is 90.6 Å². The first kappa shape index (κ1) is 28.4. The van der Waals surface area contributed by atoms with E-state index in [-0.39, 0.29) is 37.2 Å². The molecule has 0 saturated heterocycles. The third-order valence-electron chi connectivity index (χ3n) is 5.14. The van der Waals surface area contributed by atoms with Crippen molar-refractivity contribution in [2.45, 2.75) is 0 Å². The maximum Gasteiger partial charge on any atom is 3.00 e. The zero-order valence-corrected chi connectivity index (χ0v) is 22.5. The Labute approximate surface area is 239 Å². The summed E-state index contributed by atoms with van der Waals surface area (Å²) < 4.78 is 52.6. The zero-order valence-electron chi connectivity index (χ0n) is 20.1. The Kier molecular flexibility index (Phi) is 9.20. The molecule has 0 saturated carbocycles. The van der Waals surface area contributed by atoms with E-state index in [0.717, 1.165) is 23.4 Å². The van der Waals surface area contributed by atoms with Crippen LogP contribution < -0.4 is 9.91 Å². The second-order valence-corrected chi connectivity index (χ2v) is 7.67. The summed E-state index contributed by atoms with van der Waals surface area (Å²) in [6, 6.07) is 25.9. The molecule has 4 heterocycles. The minimum atomic E-state index is -0.990. The third kappa shape index (κ3) is 6.50. The van der Waals surface area contributed by atoms with Crippen LogP contribution in [0.25, 0.3) is 11.4 Å². The van der Waals surface area contributed by atoms with Gasteiger partial charge in [0.25, 0.3) is 0 Å². The number of hydrazone groups is 1. The van der Waals surface area contributed by atoms with Crippen molar-refractivity contribution >= 4 is 17.2 Å². The van der Waals surface area contributed by atoms with Gasteiger partial charge in [-0.25, -0.2) is 13.8 Å². The van der Waals surface area contributed by atoms with Crippen molar-refractivity contribution in [1.29, 1.82) is 0 Å². The molecular formula is C27H15F4IrN8.